The third-order valence-electron chi connectivity index (χ3n) is 4.04. The van der Waals surface area contributed by atoms with Crippen LogP contribution in [0, 0.1) is 6.92 Å². The van der Waals surface area contributed by atoms with E-state index in [1.807, 2.05) is 17.2 Å². The predicted octanol–water partition coefficient (Wildman–Crippen LogP) is 3.52. The molecule has 0 bridgehead atoms. The summed E-state index contributed by atoms with van der Waals surface area (Å²) in [6.07, 6.45) is 2.94. The number of aromatic nitrogens is 1. The molecule has 1 aromatic carbocycles. The zero-order valence-corrected chi connectivity index (χ0v) is 13.7. The lowest BCUT2D eigenvalue weighted by molar-refractivity contribution is 0.0611. The summed E-state index contributed by atoms with van der Waals surface area (Å²) in [5.41, 5.74) is 1.52. The fourth-order valence-electron chi connectivity index (χ4n) is 2.91. The lowest BCUT2D eigenvalue weighted by Gasteiger charge is -2.34. The Balaban J connectivity index is 1.89. The van der Waals surface area contributed by atoms with Crippen LogP contribution in [0.4, 0.5) is 0 Å². The number of aryl methyl sites for hydroxylation is 1. The fourth-order valence-corrected chi connectivity index (χ4v) is 3.85. The van der Waals surface area contributed by atoms with Gasteiger partial charge in [0.15, 0.2) is 0 Å². The van der Waals surface area contributed by atoms with E-state index >= 15 is 0 Å². The average molecular weight is 330 g/mol. The van der Waals surface area contributed by atoms with Crippen LogP contribution in [0.3, 0.4) is 0 Å². The Kier molecular flexibility index (Phi) is 4.43. The first kappa shape index (κ1) is 15.7. The fraction of sp³-hybridized carbons (Fsp3) is 0.353. The van der Waals surface area contributed by atoms with E-state index in [4.69, 9.17) is 5.11 Å². The Labute approximate surface area is 138 Å². The Morgan fingerprint density at radius 3 is 2.78 bits per heavy atom. The maximum Gasteiger partial charge on any atom is 0.335 e. The molecule has 0 spiro atoms. The second-order valence-corrected chi connectivity index (χ2v) is 6.61. The number of likely N-dealkylation sites (tertiary alicyclic amines) is 1. The van der Waals surface area contributed by atoms with Gasteiger partial charge in [-0.05, 0) is 44.4 Å². The summed E-state index contributed by atoms with van der Waals surface area (Å²) >= 11 is 1.58. The highest BCUT2D eigenvalue weighted by atomic mass is 32.1. The normalized spacial score (nSPS) is 18.0. The van der Waals surface area contributed by atoms with Crippen molar-refractivity contribution in [2.45, 2.75) is 32.2 Å². The number of carboxylic acid groups (broad SMARTS) is 1. The summed E-state index contributed by atoms with van der Waals surface area (Å²) in [6, 6.07) is 6.22. The number of thiazole rings is 1. The van der Waals surface area contributed by atoms with Crippen molar-refractivity contribution in [1.82, 2.24) is 9.88 Å². The number of aromatic carboxylic acids is 1. The van der Waals surface area contributed by atoms with Crippen molar-refractivity contribution in [1.29, 1.82) is 0 Å². The molecule has 0 radical (unpaired) electrons. The number of rotatable bonds is 3. The molecule has 2 heterocycles. The molecule has 6 heteroatoms. The van der Waals surface area contributed by atoms with Gasteiger partial charge >= 0.3 is 5.97 Å². The highest BCUT2D eigenvalue weighted by molar-refractivity contribution is 7.09. The van der Waals surface area contributed by atoms with Crippen LogP contribution >= 0.6 is 11.3 Å². The Hall–Kier alpha value is -2.21. The molecule has 1 fully saturated rings. The molecule has 5 nitrogen and oxygen atoms in total. The van der Waals surface area contributed by atoms with Crippen LogP contribution in [-0.4, -0.2) is 33.4 Å². The van der Waals surface area contributed by atoms with E-state index in [1.54, 1.807) is 23.5 Å². The Morgan fingerprint density at radius 2 is 2.09 bits per heavy atom. The number of carbonyl (C=O) groups is 2. The summed E-state index contributed by atoms with van der Waals surface area (Å²) < 4.78 is 0. The number of amides is 1. The predicted molar refractivity (Wildman–Crippen MR) is 87.9 cm³/mol. The van der Waals surface area contributed by atoms with E-state index in [-0.39, 0.29) is 17.5 Å². The first-order valence-electron chi connectivity index (χ1n) is 7.62. The number of hydrogen-bond donors (Lipinski definition) is 1. The summed E-state index contributed by atoms with van der Waals surface area (Å²) in [4.78, 5) is 30.4. The molecular weight excluding hydrogens is 312 g/mol. The molecule has 1 amide bonds. The molecule has 0 saturated carbocycles. The highest BCUT2D eigenvalue weighted by Crippen LogP contribution is 2.33. The molecule has 1 aliphatic heterocycles. The van der Waals surface area contributed by atoms with Gasteiger partial charge in [-0.15, -0.1) is 11.3 Å². The molecular formula is C17H18N2O3S. The SMILES string of the molecule is Cc1csc(C2CCCCN2C(=O)c2cccc(C(=O)O)c2)n1. The third kappa shape index (κ3) is 3.27. The maximum atomic E-state index is 12.9. The minimum absolute atomic E-state index is 0.0107. The maximum absolute atomic E-state index is 12.9. The van der Waals surface area contributed by atoms with Crippen LogP contribution in [0.15, 0.2) is 29.6 Å². The second kappa shape index (κ2) is 6.50. The molecule has 2 aromatic rings. The van der Waals surface area contributed by atoms with E-state index in [9.17, 15) is 9.59 Å². The topological polar surface area (TPSA) is 70.5 Å². The van der Waals surface area contributed by atoms with Crippen molar-refractivity contribution in [3.8, 4) is 0 Å². The number of nitrogens with zero attached hydrogens (tertiary/aromatic N) is 2. The van der Waals surface area contributed by atoms with Gasteiger partial charge in [0.25, 0.3) is 5.91 Å². The van der Waals surface area contributed by atoms with E-state index in [2.05, 4.69) is 4.98 Å². The van der Waals surface area contributed by atoms with Crippen molar-refractivity contribution >= 4 is 23.2 Å². The molecule has 120 valence electrons. The van der Waals surface area contributed by atoms with Gasteiger partial charge in [-0.3, -0.25) is 4.79 Å². The average Bonchev–Trinajstić information content (AvgIpc) is 3.00. The molecule has 1 N–H and O–H groups in total. The van der Waals surface area contributed by atoms with Crippen LogP contribution in [-0.2, 0) is 0 Å². The minimum Gasteiger partial charge on any atom is -0.478 e. The monoisotopic (exact) mass is 330 g/mol. The van der Waals surface area contributed by atoms with Gasteiger partial charge in [0.1, 0.15) is 5.01 Å². The van der Waals surface area contributed by atoms with Crippen LogP contribution in [0.5, 0.6) is 0 Å². The van der Waals surface area contributed by atoms with Gasteiger partial charge in [-0.1, -0.05) is 6.07 Å². The van der Waals surface area contributed by atoms with Crippen molar-refractivity contribution in [2.75, 3.05) is 6.54 Å². The molecule has 1 aromatic heterocycles. The molecule has 3 rings (SSSR count). The largest absolute Gasteiger partial charge is 0.478 e. The first-order valence-corrected chi connectivity index (χ1v) is 8.50. The Bertz CT molecular complexity index is 741. The molecule has 1 aliphatic rings. The molecule has 23 heavy (non-hydrogen) atoms. The number of carbonyl (C=O) groups excluding carboxylic acids is 1. The van der Waals surface area contributed by atoms with Crippen LogP contribution in [0.1, 0.15) is 56.7 Å². The first-order chi connectivity index (χ1) is 11.1. The lowest BCUT2D eigenvalue weighted by Crippen LogP contribution is -2.38. The lowest BCUT2D eigenvalue weighted by atomic mass is 10.0. The number of carboxylic acids is 1. The highest BCUT2D eigenvalue weighted by Gasteiger charge is 2.30. The summed E-state index contributed by atoms with van der Waals surface area (Å²) in [6.45, 7) is 2.63. The zero-order valence-electron chi connectivity index (χ0n) is 12.9. The smallest absolute Gasteiger partial charge is 0.335 e. The standard InChI is InChI=1S/C17H18N2O3S/c1-11-10-23-15(18-11)14-7-2-3-8-19(14)16(20)12-5-4-6-13(9-12)17(21)22/h4-6,9-10,14H,2-3,7-8H2,1H3,(H,21,22). The van der Waals surface area contributed by atoms with Crippen molar-refractivity contribution < 1.29 is 14.7 Å². The second-order valence-electron chi connectivity index (χ2n) is 5.72. The molecule has 1 unspecified atom stereocenters. The quantitative estimate of drug-likeness (QED) is 0.935. The zero-order chi connectivity index (χ0) is 16.4. The summed E-state index contributed by atoms with van der Waals surface area (Å²) in [5, 5.41) is 12.1. The van der Waals surface area contributed by atoms with Gasteiger partial charge in [0.2, 0.25) is 0 Å². The molecule has 0 aliphatic carbocycles. The van der Waals surface area contributed by atoms with Gasteiger partial charge in [0.05, 0.1) is 11.6 Å². The van der Waals surface area contributed by atoms with E-state index < -0.39 is 5.97 Å². The van der Waals surface area contributed by atoms with Gasteiger partial charge in [-0.2, -0.15) is 0 Å². The number of benzene rings is 1. The van der Waals surface area contributed by atoms with Crippen molar-refractivity contribution in [2.24, 2.45) is 0 Å². The van der Waals surface area contributed by atoms with Gasteiger partial charge in [0, 0.05) is 23.2 Å². The van der Waals surface area contributed by atoms with Crippen molar-refractivity contribution in [3.05, 3.63) is 51.5 Å². The van der Waals surface area contributed by atoms with E-state index in [0.29, 0.717) is 12.1 Å². The molecule has 1 atom stereocenters. The minimum atomic E-state index is -1.02. The number of piperidine rings is 1. The van der Waals surface area contributed by atoms with Gasteiger partial charge in [-0.25, -0.2) is 9.78 Å². The van der Waals surface area contributed by atoms with Gasteiger partial charge < -0.3 is 10.0 Å². The van der Waals surface area contributed by atoms with Crippen LogP contribution in [0.25, 0.3) is 0 Å². The third-order valence-corrected chi connectivity index (χ3v) is 5.11. The number of hydrogen-bond acceptors (Lipinski definition) is 4. The van der Waals surface area contributed by atoms with Crippen LogP contribution in [0.2, 0.25) is 0 Å². The molecule has 1 saturated heterocycles. The Morgan fingerprint density at radius 1 is 1.30 bits per heavy atom. The van der Waals surface area contributed by atoms with E-state index in [0.717, 1.165) is 30.0 Å². The van der Waals surface area contributed by atoms with E-state index in [1.165, 1.54) is 12.1 Å². The summed E-state index contributed by atoms with van der Waals surface area (Å²) in [5.74, 6) is -1.14. The summed E-state index contributed by atoms with van der Waals surface area (Å²) in [7, 11) is 0. The van der Waals surface area contributed by atoms with Crippen molar-refractivity contribution in [3.63, 3.8) is 0 Å². The van der Waals surface area contributed by atoms with Crippen LogP contribution < -0.4 is 0 Å².